The lowest BCUT2D eigenvalue weighted by Gasteiger charge is -2.07. The Kier molecular flexibility index (Phi) is 4.52. The molecule has 0 saturated carbocycles. The molecule has 5 nitrogen and oxygen atoms in total. The molecule has 0 amide bonds. The van der Waals surface area contributed by atoms with E-state index in [1.807, 2.05) is 0 Å². The van der Waals surface area contributed by atoms with Crippen molar-refractivity contribution in [3.63, 3.8) is 0 Å². The van der Waals surface area contributed by atoms with Crippen LogP contribution in [-0.4, -0.2) is 18.2 Å². The van der Waals surface area contributed by atoms with Gasteiger partial charge in [0.1, 0.15) is 17.3 Å². The van der Waals surface area contributed by atoms with Crippen LogP contribution in [0.2, 0.25) is 5.02 Å². The second-order valence-corrected chi connectivity index (χ2v) is 6.27. The third-order valence-corrected chi connectivity index (χ3v) is 4.25. The molecular weight excluding hydrogens is 368 g/mol. The highest BCUT2D eigenvalue weighted by Crippen LogP contribution is 2.35. The van der Waals surface area contributed by atoms with Crippen molar-refractivity contribution in [1.29, 1.82) is 0 Å². The van der Waals surface area contributed by atoms with Crippen LogP contribution >= 0.6 is 11.6 Å². The average molecular weight is 381 g/mol. The molecule has 2 heterocycles. The van der Waals surface area contributed by atoms with Crippen molar-refractivity contribution < 1.29 is 23.5 Å². The molecule has 0 atom stereocenters. The van der Waals surface area contributed by atoms with Gasteiger partial charge in [-0.05, 0) is 48.5 Å². The largest absolute Gasteiger partial charge is 0.485 e. The second kappa shape index (κ2) is 7.13. The number of Topliss-reactive ketones (excluding diaryl/α,β-unsaturated/α-hetero) is 2. The fraction of sp³-hybridized carbons (Fsp3) is 0.0476. The highest BCUT2D eigenvalue weighted by atomic mass is 35.5. The maximum Gasteiger partial charge on any atom is 0.232 e. The van der Waals surface area contributed by atoms with E-state index in [0.29, 0.717) is 33.4 Å². The van der Waals surface area contributed by atoms with Gasteiger partial charge in [0, 0.05) is 22.7 Å². The Bertz CT molecular complexity index is 1030. The predicted octanol–water partition coefficient (Wildman–Crippen LogP) is 4.81. The lowest BCUT2D eigenvalue weighted by molar-refractivity contribution is 0.0921. The van der Waals surface area contributed by atoms with Gasteiger partial charge in [-0.15, -0.1) is 0 Å². The van der Waals surface area contributed by atoms with Crippen molar-refractivity contribution in [2.24, 2.45) is 0 Å². The minimum absolute atomic E-state index is 0.135. The van der Waals surface area contributed by atoms with Gasteiger partial charge in [-0.1, -0.05) is 11.6 Å². The van der Waals surface area contributed by atoms with Crippen LogP contribution < -0.4 is 9.47 Å². The van der Waals surface area contributed by atoms with E-state index in [0.717, 1.165) is 0 Å². The lowest BCUT2D eigenvalue weighted by Crippen LogP contribution is -2.11. The Hall–Kier alpha value is -3.31. The first-order chi connectivity index (χ1) is 13.1. The molecule has 134 valence electrons. The number of furan rings is 1. The van der Waals surface area contributed by atoms with Gasteiger partial charge in [-0.25, -0.2) is 0 Å². The molecule has 0 bridgehead atoms. The molecule has 6 heteroatoms. The van der Waals surface area contributed by atoms with Crippen LogP contribution in [0.3, 0.4) is 0 Å². The van der Waals surface area contributed by atoms with Crippen LogP contribution in [-0.2, 0) is 0 Å². The number of halogens is 1. The van der Waals surface area contributed by atoms with Gasteiger partial charge in [-0.3, -0.25) is 9.59 Å². The zero-order valence-corrected chi connectivity index (χ0v) is 14.7. The van der Waals surface area contributed by atoms with E-state index in [1.54, 1.807) is 54.6 Å². The van der Waals surface area contributed by atoms with E-state index in [2.05, 4.69) is 0 Å². The molecule has 0 aliphatic carbocycles. The van der Waals surface area contributed by atoms with E-state index in [9.17, 15) is 9.59 Å². The summed E-state index contributed by atoms with van der Waals surface area (Å²) in [5.74, 6) is 1.11. The number of carbonyl (C=O) groups excluding carboxylic acids is 2. The van der Waals surface area contributed by atoms with Gasteiger partial charge in [0.25, 0.3) is 0 Å². The van der Waals surface area contributed by atoms with Gasteiger partial charge < -0.3 is 13.9 Å². The first kappa shape index (κ1) is 17.1. The molecule has 1 aromatic heterocycles. The van der Waals surface area contributed by atoms with Crippen LogP contribution in [0.4, 0.5) is 0 Å². The van der Waals surface area contributed by atoms with Gasteiger partial charge in [-0.2, -0.15) is 0 Å². The smallest absolute Gasteiger partial charge is 0.232 e. The molecule has 1 aliphatic rings. The van der Waals surface area contributed by atoms with Crippen LogP contribution in [0.15, 0.2) is 71.0 Å². The summed E-state index contributed by atoms with van der Waals surface area (Å²) in [6, 6.07) is 14.9. The summed E-state index contributed by atoms with van der Waals surface area (Å²) in [4.78, 5) is 24.5. The van der Waals surface area contributed by atoms with Crippen LogP contribution in [0.1, 0.15) is 26.5 Å². The fourth-order valence-corrected chi connectivity index (χ4v) is 2.75. The maximum absolute atomic E-state index is 12.4. The summed E-state index contributed by atoms with van der Waals surface area (Å²) in [5.41, 5.74) is 0.944. The number of rotatable bonds is 5. The molecule has 0 N–H and O–H groups in total. The predicted molar refractivity (Wildman–Crippen MR) is 99.4 cm³/mol. The summed E-state index contributed by atoms with van der Waals surface area (Å²) in [6.45, 7) is -0.135. The molecular formula is C21H13ClO5. The Morgan fingerprint density at radius 3 is 2.67 bits per heavy atom. The molecule has 1 aliphatic heterocycles. The molecule has 3 aromatic rings. The molecule has 4 rings (SSSR count). The third kappa shape index (κ3) is 3.64. The number of hydrogen-bond donors (Lipinski definition) is 0. The Morgan fingerprint density at radius 2 is 1.93 bits per heavy atom. The fourth-order valence-electron chi connectivity index (χ4n) is 2.63. The zero-order valence-electron chi connectivity index (χ0n) is 14.0. The second-order valence-electron chi connectivity index (χ2n) is 5.83. The first-order valence-corrected chi connectivity index (χ1v) is 8.51. The normalized spacial score (nSPS) is 14.1. The van der Waals surface area contributed by atoms with Crippen molar-refractivity contribution in [1.82, 2.24) is 0 Å². The Labute approximate surface area is 159 Å². The van der Waals surface area contributed by atoms with Gasteiger partial charge in [0.15, 0.2) is 18.1 Å². The monoisotopic (exact) mass is 380 g/mol. The van der Waals surface area contributed by atoms with E-state index in [-0.39, 0.29) is 23.9 Å². The Balaban J connectivity index is 1.46. The number of carbonyl (C=O) groups is 2. The van der Waals surface area contributed by atoms with Crippen molar-refractivity contribution in [3.8, 4) is 11.5 Å². The quantitative estimate of drug-likeness (QED) is 0.469. The molecule has 0 saturated heterocycles. The van der Waals surface area contributed by atoms with Gasteiger partial charge >= 0.3 is 0 Å². The summed E-state index contributed by atoms with van der Waals surface area (Å²) in [5, 5.41) is 0.561. The number of benzene rings is 2. The molecule has 2 aromatic carbocycles. The number of ether oxygens (including phenoxy) is 2. The van der Waals surface area contributed by atoms with Crippen molar-refractivity contribution in [2.45, 2.75) is 0 Å². The maximum atomic E-state index is 12.4. The topological polar surface area (TPSA) is 65.7 Å². The minimum atomic E-state index is -0.231. The standard InChI is InChI=1S/C21H13ClO5/c22-14-5-3-13(4-6-14)18(23)12-26-16-7-8-17-19(10-16)27-20(21(17)24)11-15-2-1-9-25-15/h1-11H,12H2/b20-11+. The molecule has 0 fully saturated rings. The lowest BCUT2D eigenvalue weighted by atomic mass is 10.1. The van der Waals surface area contributed by atoms with E-state index >= 15 is 0 Å². The summed E-state index contributed by atoms with van der Waals surface area (Å²) in [6.07, 6.45) is 3.05. The van der Waals surface area contributed by atoms with Crippen molar-refractivity contribution in [3.05, 3.63) is 88.5 Å². The molecule has 0 unspecified atom stereocenters. The SMILES string of the molecule is O=C(COc1ccc2c(c1)O/C(=C/c1ccco1)C2=O)c1ccc(Cl)cc1. The highest BCUT2D eigenvalue weighted by Gasteiger charge is 2.28. The number of hydrogen-bond acceptors (Lipinski definition) is 5. The van der Waals surface area contributed by atoms with Crippen LogP contribution in [0, 0.1) is 0 Å². The third-order valence-electron chi connectivity index (χ3n) is 3.99. The van der Waals surface area contributed by atoms with Crippen molar-refractivity contribution >= 4 is 29.2 Å². The van der Waals surface area contributed by atoms with E-state index < -0.39 is 0 Å². The number of allylic oxidation sites excluding steroid dienone is 1. The number of ketones is 2. The first-order valence-electron chi connectivity index (χ1n) is 8.13. The van der Waals surface area contributed by atoms with Crippen LogP contribution in [0.5, 0.6) is 11.5 Å². The molecule has 0 radical (unpaired) electrons. The van der Waals surface area contributed by atoms with Crippen LogP contribution in [0.25, 0.3) is 6.08 Å². The molecule has 0 spiro atoms. The van der Waals surface area contributed by atoms with E-state index in [4.69, 9.17) is 25.5 Å². The van der Waals surface area contributed by atoms with Gasteiger partial charge in [0.2, 0.25) is 5.78 Å². The summed E-state index contributed by atoms with van der Waals surface area (Å²) in [7, 11) is 0. The average Bonchev–Trinajstić information content (AvgIpc) is 3.29. The van der Waals surface area contributed by atoms with E-state index in [1.165, 1.54) is 12.3 Å². The van der Waals surface area contributed by atoms with Gasteiger partial charge in [0.05, 0.1) is 11.8 Å². The Morgan fingerprint density at radius 1 is 1.11 bits per heavy atom. The van der Waals surface area contributed by atoms with Crippen molar-refractivity contribution in [2.75, 3.05) is 6.61 Å². The zero-order chi connectivity index (χ0) is 18.8. The number of fused-ring (bicyclic) bond motifs is 1. The highest BCUT2D eigenvalue weighted by molar-refractivity contribution is 6.30. The summed E-state index contributed by atoms with van der Waals surface area (Å²) < 4.78 is 16.4. The summed E-state index contributed by atoms with van der Waals surface area (Å²) >= 11 is 5.82. The molecule has 27 heavy (non-hydrogen) atoms. The minimum Gasteiger partial charge on any atom is -0.485 e.